The highest BCUT2D eigenvalue weighted by molar-refractivity contribution is 7.18. The zero-order valence-corrected chi connectivity index (χ0v) is 19.7. The molecular formula is C24H24N4O3S2. The van der Waals surface area contributed by atoms with E-state index in [1.54, 1.807) is 11.3 Å². The molecule has 0 aliphatic carbocycles. The predicted octanol–water partition coefficient (Wildman–Crippen LogP) is 3.34. The predicted molar refractivity (Wildman–Crippen MR) is 132 cm³/mol. The van der Waals surface area contributed by atoms with Crippen molar-refractivity contribution >= 4 is 38.8 Å². The molecule has 0 spiro atoms. The third-order valence-corrected chi connectivity index (χ3v) is 7.54. The Morgan fingerprint density at radius 3 is 2.70 bits per heavy atom. The van der Waals surface area contributed by atoms with Crippen molar-refractivity contribution in [2.75, 3.05) is 26.3 Å². The molecular weight excluding hydrogens is 456 g/mol. The van der Waals surface area contributed by atoms with Crippen LogP contribution in [0.15, 0.2) is 58.3 Å². The Morgan fingerprint density at radius 1 is 1.09 bits per heavy atom. The van der Waals surface area contributed by atoms with Crippen molar-refractivity contribution in [2.45, 2.75) is 19.6 Å². The van der Waals surface area contributed by atoms with Gasteiger partial charge in [0.2, 0.25) is 5.91 Å². The molecule has 4 heterocycles. The van der Waals surface area contributed by atoms with E-state index >= 15 is 0 Å². The van der Waals surface area contributed by atoms with Crippen LogP contribution in [0, 0.1) is 0 Å². The third-order valence-electron chi connectivity index (χ3n) is 5.75. The molecule has 1 N–H and O–H groups in total. The standard InChI is InChI=1S/C24H24N4O3S2/c29-21(25-12-17-4-1-2-5-18(17)13-27-7-9-31-10-8-27)14-28-16-26-23-22(24(28)30)19(15-33-23)20-6-3-11-32-20/h1-6,11,15-16H,7-10,12-14H2,(H,25,29). The Balaban J connectivity index is 1.28. The van der Waals surface area contributed by atoms with Gasteiger partial charge in [-0.3, -0.25) is 19.1 Å². The Hall–Kier alpha value is -2.85. The van der Waals surface area contributed by atoms with E-state index in [-0.39, 0.29) is 18.0 Å². The Kier molecular flexibility index (Phi) is 6.63. The molecule has 1 aromatic carbocycles. The highest BCUT2D eigenvalue weighted by atomic mass is 32.1. The lowest BCUT2D eigenvalue weighted by Crippen LogP contribution is -2.36. The van der Waals surface area contributed by atoms with Crippen LogP contribution < -0.4 is 10.9 Å². The maximum Gasteiger partial charge on any atom is 0.263 e. The molecule has 5 rings (SSSR count). The van der Waals surface area contributed by atoms with Gasteiger partial charge in [0, 0.05) is 42.0 Å². The Bertz CT molecular complexity index is 1310. The molecule has 33 heavy (non-hydrogen) atoms. The average molecular weight is 481 g/mol. The van der Waals surface area contributed by atoms with Crippen LogP contribution in [0.4, 0.5) is 0 Å². The smallest absolute Gasteiger partial charge is 0.263 e. The molecule has 1 saturated heterocycles. The molecule has 0 saturated carbocycles. The van der Waals surface area contributed by atoms with Gasteiger partial charge in [0.15, 0.2) is 0 Å². The minimum atomic E-state index is -0.215. The zero-order chi connectivity index (χ0) is 22.6. The lowest BCUT2D eigenvalue weighted by atomic mass is 10.1. The van der Waals surface area contributed by atoms with Crippen molar-refractivity contribution in [3.63, 3.8) is 0 Å². The lowest BCUT2D eigenvalue weighted by Gasteiger charge is -2.27. The number of hydrogen-bond acceptors (Lipinski definition) is 7. The zero-order valence-electron chi connectivity index (χ0n) is 18.0. The maximum atomic E-state index is 13.1. The van der Waals surface area contributed by atoms with Crippen LogP contribution in [0.3, 0.4) is 0 Å². The number of carbonyl (C=O) groups is 1. The van der Waals surface area contributed by atoms with Crippen LogP contribution in [0.1, 0.15) is 11.1 Å². The summed E-state index contributed by atoms with van der Waals surface area (Å²) in [4.78, 5) is 34.3. The molecule has 9 heteroatoms. The molecule has 0 bridgehead atoms. The summed E-state index contributed by atoms with van der Waals surface area (Å²) >= 11 is 3.03. The number of amides is 1. The number of aromatic nitrogens is 2. The minimum Gasteiger partial charge on any atom is -0.379 e. The topological polar surface area (TPSA) is 76.5 Å². The number of thiophene rings is 2. The normalized spacial score (nSPS) is 14.5. The minimum absolute atomic E-state index is 0.0624. The second-order valence-corrected chi connectivity index (χ2v) is 9.72. The van der Waals surface area contributed by atoms with E-state index in [0.29, 0.717) is 16.8 Å². The van der Waals surface area contributed by atoms with Crippen LogP contribution in [0.2, 0.25) is 0 Å². The van der Waals surface area contributed by atoms with E-state index in [1.165, 1.54) is 27.8 Å². The number of hydrogen-bond donors (Lipinski definition) is 1. The molecule has 170 valence electrons. The fourth-order valence-corrected chi connectivity index (χ4v) is 5.70. The number of benzene rings is 1. The van der Waals surface area contributed by atoms with Crippen molar-refractivity contribution in [1.82, 2.24) is 19.8 Å². The monoisotopic (exact) mass is 480 g/mol. The van der Waals surface area contributed by atoms with Gasteiger partial charge in [-0.1, -0.05) is 30.3 Å². The van der Waals surface area contributed by atoms with Crippen molar-refractivity contribution < 1.29 is 9.53 Å². The van der Waals surface area contributed by atoms with Crippen LogP contribution in [-0.4, -0.2) is 46.7 Å². The van der Waals surface area contributed by atoms with Crippen LogP contribution in [0.5, 0.6) is 0 Å². The first kappa shape index (κ1) is 22.0. The van der Waals surface area contributed by atoms with E-state index in [9.17, 15) is 9.59 Å². The molecule has 4 aromatic rings. The summed E-state index contributed by atoms with van der Waals surface area (Å²) in [6.07, 6.45) is 1.46. The maximum absolute atomic E-state index is 13.1. The second-order valence-electron chi connectivity index (χ2n) is 7.92. The molecule has 0 unspecified atom stereocenters. The first-order valence-electron chi connectivity index (χ1n) is 10.8. The van der Waals surface area contributed by atoms with Crippen molar-refractivity contribution in [1.29, 1.82) is 0 Å². The Labute approximate surface area is 199 Å². The number of fused-ring (bicyclic) bond motifs is 1. The van der Waals surface area contributed by atoms with Crippen LogP contribution in [0.25, 0.3) is 20.7 Å². The first-order valence-corrected chi connectivity index (χ1v) is 12.6. The highest BCUT2D eigenvalue weighted by Crippen LogP contribution is 2.33. The number of morpholine rings is 1. The summed E-state index contributed by atoms with van der Waals surface area (Å²) in [6.45, 7) is 4.52. The van der Waals surface area contributed by atoms with Gasteiger partial charge < -0.3 is 10.1 Å². The number of carbonyl (C=O) groups excluding carboxylic acids is 1. The molecule has 0 radical (unpaired) electrons. The number of ether oxygens (including phenoxy) is 1. The summed E-state index contributed by atoms with van der Waals surface area (Å²) in [5.74, 6) is -0.215. The number of nitrogens with zero attached hydrogens (tertiary/aromatic N) is 3. The summed E-state index contributed by atoms with van der Waals surface area (Å²) in [6, 6.07) is 12.1. The molecule has 7 nitrogen and oxygen atoms in total. The average Bonchev–Trinajstić information content (AvgIpc) is 3.51. The van der Waals surface area contributed by atoms with Crippen LogP contribution in [-0.2, 0) is 29.2 Å². The second kappa shape index (κ2) is 9.96. The van der Waals surface area contributed by atoms with Crippen LogP contribution >= 0.6 is 22.7 Å². The summed E-state index contributed by atoms with van der Waals surface area (Å²) in [7, 11) is 0. The quantitative estimate of drug-likeness (QED) is 0.439. The van der Waals surface area contributed by atoms with E-state index in [4.69, 9.17) is 4.74 Å². The Morgan fingerprint density at radius 2 is 1.91 bits per heavy atom. The SMILES string of the molecule is O=C(Cn1cnc2scc(-c3cccs3)c2c1=O)NCc1ccccc1CN1CCOCC1. The molecule has 1 amide bonds. The summed E-state index contributed by atoms with van der Waals surface area (Å²) in [5.41, 5.74) is 2.97. The van der Waals surface area contributed by atoms with E-state index in [1.807, 2.05) is 41.1 Å². The fraction of sp³-hybridized carbons (Fsp3) is 0.292. The summed E-state index contributed by atoms with van der Waals surface area (Å²) < 4.78 is 6.82. The lowest BCUT2D eigenvalue weighted by molar-refractivity contribution is -0.121. The van der Waals surface area contributed by atoms with Crippen molar-refractivity contribution in [3.05, 3.63) is 75.0 Å². The molecule has 3 aromatic heterocycles. The van der Waals surface area contributed by atoms with Gasteiger partial charge in [-0.25, -0.2) is 4.98 Å². The highest BCUT2D eigenvalue weighted by Gasteiger charge is 2.16. The fourth-order valence-electron chi connectivity index (χ4n) is 3.98. The molecule has 1 aliphatic rings. The van der Waals surface area contributed by atoms with Gasteiger partial charge in [0.05, 0.1) is 24.9 Å². The first-order chi connectivity index (χ1) is 16.2. The molecule has 1 aliphatic heterocycles. The summed E-state index contributed by atoms with van der Waals surface area (Å²) in [5, 5.41) is 7.49. The molecule has 1 fully saturated rings. The van der Waals surface area contributed by atoms with Crippen molar-refractivity contribution in [3.8, 4) is 10.4 Å². The van der Waals surface area contributed by atoms with E-state index in [2.05, 4.69) is 21.3 Å². The van der Waals surface area contributed by atoms with Crippen molar-refractivity contribution in [2.24, 2.45) is 0 Å². The van der Waals surface area contributed by atoms with Gasteiger partial charge in [-0.2, -0.15) is 0 Å². The van der Waals surface area contributed by atoms with E-state index < -0.39 is 0 Å². The van der Waals surface area contributed by atoms with Gasteiger partial charge in [0.25, 0.3) is 5.56 Å². The molecule has 0 atom stereocenters. The van der Waals surface area contributed by atoms with Gasteiger partial charge in [-0.15, -0.1) is 22.7 Å². The number of rotatable bonds is 7. The van der Waals surface area contributed by atoms with Gasteiger partial charge >= 0.3 is 0 Å². The van der Waals surface area contributed by atoms with Gasteiger partial charge in [0.1, 0.15) is 11.4 Å². The number of nitrogens with one attached hydrogen (secondary N) is 1. The largest absolute Gasteiger partial charge is 0.379 e. The van der Waals surface area contributed by atoms with Gasteiger partial charge in [-0.05, 0) is 22.6 Å². The third kappa shape index (κ3) is 4.91. The van der Waals surface area contributed by atoms with E-state index in [0.717, 1.165) is 48.9 Å².